The summed E-state index contributed by atoms with van der Waals surface area (Å²) >= 11 is 0. The second kappa shape index (κ2) is 6.61. The van der Waals surface area contributed by atoms with Crippen LogP contribution in [-0.4, -0.2) is 24.8 Å². The molecule has 0 saturated carbocycles. The number of nitrogens with one attached hydrogen (secondary N) is 1. The molecule has 0 radical (unpaired) electrons. The van der Waals surface area contributed by atoms with Gasteiger partial charge in [0.25, 0.3) is 0 Å². The first-order valence-corrected chi connectivity index (χ1v) is 6.51. The molecule has 1 atom stereocenters. The van der Waals surface area contributed by atoms with Crippen LogP contribution in [0.5, 0.6) is 0 Å². The first kappa shape index (κ1) is 15.9. The molecule has 98 valence electrons. The van der Waals surface area contributed by atoms with E-state index in [9.17, 15) is 0 Å². The van der Waals surface area contributed by atoms with E-state index in [1.807, 2.05) is 0 Å². The Labute approximate surface area is 102 Å². The fourth-order valence-corrected chi connectivity index (χ4v) is 1.27. The highest BCUT2D eigenvalue weighted by Gasteiger charge is 2.15. The van der Waals surface area contributed by atoms with Crippen molar-refractivity contribution in [1.82, 2.24) is 5.32 Å². The van der Waals surface area contributed by atoms with Gasteiger partial charge < -0.3 is 10.1 Å². The van der Waals surface area contributed by atoms with Crippen molar-refractivity contribution in [3.63, 3.8) is 0 Å². The minimum Gasteiger partial charge on any atom is -0.377 e. The van der Waals surface area contributed by atoms with Crippen molar-refractivity contribution in [3.05, 3.63) is 0 Å². The zero-order chi connectivity index (χ0) is 12.8. The van der Waals surface area contributed by atoms with Gasteiger partial charge in [-0.3, -0.25) is 0 Å². The van der Waals surface area contributed by atoms with Crippen LogP contribution >= 0.6 is 0 Å². The molecular weight excluding hydrogens is 198 g/mol. The van der Waals surface area contributed by atoms with Crippen molar-refractivity contribution < 1.29 is 4.74 Å². The molecule has 0 aliphatic carbocycles. The van der Waals surface area contributed by atoms with Crippen LogP contribution in [0.15, 0.2) is 0 Å². The van der Waals surface area contributed by atoms with E-state index in [1.165, 1.54) is 0 Å². The molecule has 0 aromatic heterocycles. The summed E-state index contributed by atoms with van der Waals surface area (Å²) in [7, 11) is 0. The van der Waals surface area contributed by atoms with Crippen LogP contribution in [0.25, 0.3) is 0 Å². The molecule has 0 spiro atoms. The maximum Gasteiger partial charge on any atom is 0.0697 e. The third-order valence-electron chi connectivity index (χ3n) is 2.52. The monoisotopic (exact) mass is 229 g/mol. The largest absolute Gasteiger partial charge is 0.377 e. The predicted molar refractivity (Wildman–Crippen MR) is 71.9 cm³/mol. The molecule has 0 fully saturated rings. The second-order valence-corrected chi connectivity index (χ2v) is 6.84. The Morgan fingerprint density at radius 1 is 1.06 bits per heavy atom. The normalized spacial score (nSPS) is 15.2. The van der Waals surface area contributed by atoms with E-state index in [0.717, 1.165) is 26.0 Å². The third kappa shape index (κ3) is 10.4. The van der Waals surface area contributed by atoms with E-state index in [4.69, 9.17) is 4.74 Å². The topological polar surface area (TPSA) is 21.3 Å². The summed E-state index contributed by atoms with van der Waals surface area (Å²) in [6, 6.07) is 0. The predicted octanol–water partition coefficient (Wildman–Crippen LogP) is 3.61. The zero-order valence-electron chi connectivity index (χ0n) is 12.3. The van der Waals surface area contributed by atoms with Crippen LogP contribution in [0.3, 0.4) is 0 Å². The molecule has 2 heteroatoms. The maximum atomic E-state index is 5.90. The smallest absolute Gasteiger partial charge is 0.0697 e. The van der Waals surface area contributed by atoms with Crippen molar-refractivity contribution in [3.8, 4) is 0 Å². The summed E-state index contributed by atoms with van der Waals surface area (Å²) in [5.41, 5.74) is 0.552. The van der Waals surface area contributed by atoms with Crippen LogP contribution in [0.4, 0.5) is 0 Å². The van der Waals surface area contributed by atoms with Crippen LogP contribution in [-0.2, 0) is 4.74 Å². The van der Waals surface area contributed by atoms with Gasteiger partial charge in [-0.05, 0) is 39.0 Å². The van der Waals surface area contributed by atoms with Gasteiger partial charge in [-0.25, -0.2) is 0 Å². The molecular formula is C14H31NO. The highest BCUT2D eigenvalue weighted by molar-refractivity contribution is 4.73. The summed E-state index contributed by atoms with van der Waals surface area (Å²) < 4.78 is 5.90. The highest BCUT2D eigenvalue weighted by atomic mass is 16.5. The third-order valence-corrected chi connectivity index (χ3v) is 2.52. The maximum absolute atomic E-state index is 5.90. The molecule has 0 aliphatic rings. The first-order valence-electron chi connectivity index (χ1n) is 6.51. The van der Waals surface area contributed by atoms with Crippen molar-refractivity contribution in [2.45, 2.75) is 73.0 Å². The Kier molecular flexibility index (Phi) is 6.57. The molecule has 0 aromatic rings. The molecule has 0 saturated heterocycles. The van der Waals surface area contributed by atoms with Gasteiger partial charge in [-0.15, -0.1) is 0 Å². The Bertz CT molecular complexity index is 176. The Morgan fingerprint density at radius 3 is 2.00 bits per heavy atom. The van der Waals surface area contributed by atoms with Gasteiger partial charge in [-0.1, -0.05) is 27.7 Å². The lowest BCUT2D eigenvalue weighted by Gasteiger charge is -2.26. The van der Waals surface area contributed by atoms with Crippen LogP contribution in [0.2, 0.25) is 0 Å². The summed E-state index contributed by atoms with van der Waals surface area (Å²) in [5, 5.41) is 3.50. The second-order valence-electron chi connectivity index (χ2n) is 6.84. The lowest BCUT2D eigenvalue weighted by molar-refractivity contribution is 0.0322. The Morgan fingerprint density at radius 2 is 1.62 bits per heavy atom. The molecule has 0 amide bonds. The fourth-order valence-electron chi connectivity index (χ4n) is 1.27. The summed E-state index contributed by atoms with van der Waals surface area (Å²) in [5.74, 6) is 0. The van der Waals surface area contributed by atoms with Crippen molar-refractivity contribution in [1.29, 1.82) is 0 Å². The standard InChI is InChI=1S/C14H31NO/c1-8-12(11-15-14(5,6)7)16-10-9-13(2,3)4/h12,15H,8-11H2,1-7H3. The SMILES string of the molecule is CCC(CNC(C)(C)C)OCCC(C)(C)C. The molecule has 2 nitrogen and oxygen atoms in total. The van der Waals surface area contributed by atoms with Gasteiger partial charge in [0.05, 0.1) is 6.10 Å². The van der Waals surface area contributed by atoms with E-state index >= 15 is 0 Å². The van der Waals surface area contributed by atoms with Gasteiger partial charge in [0.1, 0.15) is 0 Å². The van der Waals surface area contributed by atoms with Gasteiger partial charge in [0, 0.05) is 18.7 Å². The summed E-state index contributed by atoms with van der Waals surface area (Å²) in [4.78, 5) is 0. The average Bonchev–Trinajstić information content (AvgIpc) is 2.07. The lowest BCUT2D eigenvalue weighted by Crippen LogP contribution is -2.41. The molecule has 16 heavy (non-hydrogen) atoms. The van der Waals surface area contributed by atoms with Gasteiger partial charge in [0.15, 0.2) is 0 Å². The van der Waals surface area contributed by atoms with Crippen LogP contribution in [0.1, 0.15) is 61.3 Å². The fraction of sp³-hybridized carbons (Fsp3) is 1.00. The highest BCUT2D eigenvalue weighted by Crippen LogP contribution is 2.18. The molecule has 0 bridgehead atoms. The molecule has 0 heterocycles. The number of hydrogen-bond donors (Lipinski definition) is 1. The Hall–Kier alpha value is -0.0800. The van der Waals surface area contributed by atoms with E-state index in [-0.39, 0.29) is 5.54 Å². The van der Waals surface area contributed by atoms with Gasteiger partial charge in [-0.2, -0.15) is 0 Å². The van der Waals surface area contributed by atoms with Gasteiger partial charge >= 0.3 is 0 Å². The lowest BCUT2D eigenvalue weighted by atomic mass is 9.93. The van der Waals surface area contributed by atoms with Crippen molar-refractivity contribution >= 4 is 0 Å². The number of hydrogen-bond acceptors (Lipinski definition) is 2. The minimum atomic E-state index is 0.181. The quantitative estimate of drug-likeness (QED) is 0.751. The van der Waals surface area contributed by atoms with Crippen LogP contribution < -0.4 is 5.32 Å². The molecule has 0 aliphatic heterocycles. The molecule has 1 N–H and O–H groups in total. The van der Waals surface area contributed by atoms with Crippen LogP contribution in [0, 0.1) is 5.41 Å². The van der Waals surface area contributed by atoms with E-state index in [0.29, 0.717) is 11.5 Å². The number of ether oxygens (including phenoxy) is 1. The van der Waals surface area contributed by atoms with E-state index < -0.39 is 0 Å². The van der Waals surface area contributed by atoms with E-state index in [1.54, 1.807) is 0 Å². The molecule has 0 rings (SSSR count). The minimum absolute atomic E-state index is 0.181. The summed E-state index contributed by atoms with van der Waals surface area (Å²) in [6.07, 6.45) is 2.55. The molecule has 0 aromatic carbocycles. The zero-order valence-corrected chi connectivity index (χ0v) is 12.3. The average molecular weight is 229 g/mol. The Balaban J connectivity index is 3.76. The first-order chi connectivity index (χ1) is 7.14. The molecule has 1 unspecified atom stereocenters. The van der Waals surface area contributed by atoms with Crippen molar-refractivity contribution in [2.24, 2.45) is 5.41 Å². The number of rotatable bonds is 6. The van der Waals surface area contributed by atoms with Gasteiger partial charge in [0.2, 0.25) is 0 Å². The van der Waals surface area contributed by atoms with E-state index in [2.05, 4.69) is 53.8 Å². The van der Waals surface area contributed by atoms with Crippen molar-refractivity contribution in [2.75, 3.05) is 13.2 Å². The summed E-state index contributed by atoms with van der Waals surface area (Å²) in [6.45, 7) is 17.3.